The third-order valence-electron chi connectivity index (χ3n) is 3.48. The molecular weight excluding hydrogens is 218 g/mol. The van der Waals surface area contributed by atoms with Crippen LogP contribution in [0.1, 0.15) is 46.0 Å². The molecule has 0 aromatic heterocycles. The summed E-state index contributed by atoms with van der Waals surface area (Å²) in [6, 6.07) is 0.470. The molecule has 2 rings (SSSR count). The molecule has 3 heteroatoms. The van der Waals surface area contributed by atoms with Gasteiger partial charge in [0.25, 0.3) is 0 Å². The third-order valence-corrected chi connectivity index (χ3v) is 4.98. The summed E-state index contributed by atoms with van der Waals surface area (Å²) in [6.45, 7) is 6.36. The maximum absolute atomic E-state index is 5.42. The van der Waals surface area contributed by atoms with E-state index < -0.39 is 0 Å². The summed E-state index contributed by atoms with van der Waals surface area (Å²) in [5, 5.41) is 2.03. The van der Waals surface area contributed by atoms with Gasteiger partial charge in [0.1, 0.15) is 0 Å². The highest BCUT2D eigenvalue weighted by Crippen LogP contribution is 2.35. The van der Waals surface area contributed by atoms with Crippen molar-refractivity contribution < 1.29 is 4.74 Å². The van der Waals surface area contributed by atoms with E-state index in [0.717, 1.165) is 13.2 Å². The molecule has 0 radical (unpaired) electrons. The zero-order valence-corrected chi connectivity index (χ0v) is 11.3. The minimum absolute atomic E-state index is 0.470. The number of ether oxygens (including phenoxy) is 1. The van der Waals surface area contributed by atoms with Crippen LogP contribution in [0.25, 0.3) is 0 Å². The van der Waals surface area contributed by atoms with Crippen LogP contribution >= 0.6 is 11.8 Å². The molecule has 0 N–H and O–H groups in total. The summed E-state index contributed by atoms with van der Waals surface area (Å²) in [7, 11) is 0. The van der Waals surface area contributed by atoms with E-state index in [1.165, 1.54) is 37.1 Å². The van der Waals surface area contributed by atoms with Gasteiger partial charge in [0.05, 0.1) is 29.5 Å². The Morgan fingerprint density at radius 1 is 1.38 bits per heavy atom. The Morgan fingerprint density at radius 3 is 3.00 bits per heavy atom. The molecule has 16 heavy (non-hydrogen) atoms. The maximum Gasteiger partial charge on any atom is 0.0887 e. The van der Waals surface area contributed by atoms with Gasteiger partial charge < -0.3 is 4.74 Å². The van der Waals surface area contributed by atoms with E-state index in [1.807, 2.05) is 11.8 Å². The zero-order chi connectivity index (χ0) is 11.4. The number of hydrogen-bond donors (Lipinski definition) is 0. The molecule has 0 aromatic carbocycles. The fraction of sp³-hybridized carbons (Fsp3) is 0.923. The van der Waals surface area contributed by atoms with Crippen molar-refractivity contribution in [1.82, 2.24) is 0 Å². The van der Waals surface area contributed by atoms with Crippen LogP contribution in [0.5, 0.6) is 0 Å². The molecule has 0 saturated carbocycles. The van der Waals surface area contributed by atoms with Crippen molar-refractivity contribution in [2.45, 2.75) is 57.2 Å². The molecule has 2 aliphatic heterocycles. The maximum atomic E-state index is 5.42. The number of hydrogen-bond acceptors (Lipinski definition) is 3. The van der Waals surface area contributed by atoms with Crippen molar-refractivity contribution in [3.63, 3.8) is 0 Å². The van der Waals surface area contributed by atoms with Crippen LogP contribution < -0.4 is 0 Å². The van der Waals surface area contributed by atoms with Gasteiger partial charge in [0, 0.05) is 5.92 Å². The molecule has 0 spiro atoms. The monoisotopic (exact) mass is 241 g/mol. The van der Waals surface area contributed by atoms with Crippen LogP contribution in [-0.2, 0) is 4.74 Å². The van der Waals surface area contributed by atoms with Crippen molar-refractivity contribution in [3.05, 3.63) is 0 Å². The summed E-state index contributed by atoms with van der Waals surface area (Å²) in [5.74, 6) is 0.674. The number of rotatable bonds is 6. The smallest absolute Gasteiger partial charge is 0.0887 e. The molecule has 3 unspecified atom stereocenters. The highest BCUT2D eigenvalue weighted by atomic mass is 32.2. The fourth-order valence-electron chi connectivity index (χ4n) is 2.35. The van der Waals surface area contributed by atoms with Gasteiger partial charge in [-0.1, -0.05) is 39.5 Å². The Balaban J connectivity index is 1.71. The van der Waals surface area contributed by atoms with Gasteiger partial charge in [0.2, 0.25) is 0 Å². The van der Waals surface area contributed by atoms with Crippen molar-refractivity contribution in [3.8, 4) is 0 Å². The van der Waals surface area contributed by atoms with Gasteiger partial charge in [-0.2, -0.15) is 0 Å². The zero-order valence-electron chi connectivity index (χ0n) is 10.4. The van der Waals surface area contributed by atoms with Crippen molar-refractivity contribution >= 4 is 16.8 Å². The first kappa shape index (κ1) is 12.4. The lowest BCUT2D eigenvalue weighted by atomic mass is 10.0. The molecule has 0 aromatic rings. The molecule has 1 fully saturated rings. The van der Waals surface area contributed by atoms with Crippen molar-refractivity contribution in [2.75, 3.05) is 13.2 Å². The average Bonchev–Trinajstić information content (AvgIpc) is 2.83. The second kappa shape index (κ2) is 6.06. The topological polar surface area (TPSA) is 21.6 Å². The Morgan fingerprint density at radius 2 is 2.25 bits per heavy atom. The average molecular weight is 241 g/mol. The summed E-state index contributed by atoms with van der Waals surface area (Å²) in [5.41, 5.74) is 0. The molecule has 1 saturated heterocycles. The number of aliphatic imine (C=N–C) groups is 1. The van der Waals surface area contributed by atoms with E-state index in [2.05, 4.69) is 13.8 Å². The van der Waals surface area contributed by atoms with Crippen LogP contribution in [0.4, 0.5) is 0 Å². The Hall–Kier alpha value is -0.0200. The van der Waals surface area contributed by atoms with E-state index in [-0.39, 0.29) is 0 Å². The minimum atomic E-state index is 0.470. The summed E-state index contributed by atoms with van der Waals surface area (Å²) >= 11 is 1.98. The largest absolute Gasteiger partial charge is 0.378 e. The fourth-order valence-corrected chi connectivity index (χ4v) is 3.67. The number of thioether (sulfide) groups is 1. The van der Waals surface area contributed by atoms with Crippen LogP contribution in [0.2, 0.25) is 0 Å². The van der Waals surface area contributed by atoms with E-state index in [4.69, 9.17) is 9.73 Å². The first-order valence-electron chi connectivity index (χ1n) is 6.63. The van der Waals surface area contributed by atoms with Crippen LogP contribution in [-0.4, -0.2) is 29.5 Å². The van der Waals surface area contributed by atoms with Crippen molar-refractivity contribution in [2.24, 2.45) is 10.9 Å². The first-order valence-corrected chi connectivity index (χ1v) is 7.51. The van der Waals surface area contributed by atoms with Gasteiger partial charge in [-0.15, -0.1) is 11.8 Å². The predicted molar refractivity (Wildman–Crippen MR) is 71.3 cm³/mol. The molecule has 2 heterocycles. The molecule has 92 valence electrons. The SMILES string of the molecule is CCCCCCC(C)C1=NC2COCC2S1. The highest BCUT2D eigenvalue weighted by Gasteiger charge is 2.36. The van der Waals surface area contributed by atoms with E-state index in [9.17, 15) is 0 Å². The number of unbranched alkanes of at least 4 members (excludes halogenated alkanes) is 3. The molecule has 2 aliphatic rings. The number of nitrogens with zero attached hydrogens (tertiary/aromatic N) is 1. The molecule has 0 amide bonds. The number of fused-ring (bicyclic) bond motifs is 1. The van der Waals surface area contributed by atoms with Gasteiger partial charge in [-0.3, -0.25) is 4.99 Å². The van der Waals surface area contributed by atoms with Gasteiger partial charge in [-0.05, 0) is 6.42 Å². The Bertz CT molecular complexity index is 254. The second-order valence-corrected chi connectivity index (χ2v) is 6.24. The summed E-state index contributed by atoms with van der Waals surface area (Å²) in [6.07, 6.45) is 6.76. The summed E-state index contributed by atoms with van der Waals surface area (Å²) in [4.78, 5) is 4.80. The van der Waals surface area contributed by atoms with Gasteiger partial charge in [0.15, 0.2) is 0 Å². The summed E-state index contributed by atoms with van der Waals surface area (Å²) < 4.78 is 5.42. The van der Waals surface area contributed by atoms with Crippen LogP contribution in [0.3, 0.4) is 0 Å². The van der Waals surface area contributed by atoms with E-state index >= 15 is 0 Å². The first-order chi connectivity index (χ1) is 7.81. The second-order valence-electron chi connectivity index (χ2n) is 4.98. The quantitative estimate of drug-likeness (QED) is 0.664. The standard InChI is InChI=1S/C13H23NOS/c1-3-4-5-6-7-10(2)13-14-11-8-15-9-12(11)16-13/h10-12H,3-9H2,1-2H3. The van der Waals surface area contributed by atoms with Gasteiger partial charge >= 0.3 is 0 Å². The molecule has 3 atom stereocenters. The lowest BCUT2D eigenvalue weighted by molar-refractivity contribution is 0.195. The highest BCUT2D eigenvalue weighted by molar-refractivity contribution is 8.14. The molecular formula is C13H23NOS. The van der Waals surface area contributed by atoms with Gasteiger partial charge in [-0.25, -0.2) is 0 Å². The van der Waals surface area contributed by atoms with Crippen molar-refractivity contribution in [1.29, 1.82) is 0 Å². The lowest BCUT2D eigenvalue weighted by Gasteiger charge is -2.11. The Kier molecular flexibility index (Phi) is 4.71. The molecule has 0 aliphatic carbocycles. The molecule has 0 bridgehead atoms. The van der Waals surface area contributed by atoms with Crippen LogP contribution in [0, 0.1) is 5.92 Å². The van der Waals surface area contributed by atoms with E-state index in [0.29, 0.717) is 17.2 Å². The third kappa shape index (κ3) is 3.01. The minimum Gasteiger partial charge on any atom is -0.378 e. The van der Waals surface area contributed by atoms with Crippen LogP contribution in [0.15, 0.2) is 4.99 Å². The predicted octanol–water partition coefficient (Wildman–Crippen LogP) is 3.51. The Labute approximate surface area is 103 Å². The normalized spacial score (nSPS) is 30.2. The lowest BCUT2D eigenvalue weighted by Crippen LogP contribution is -2.13. The molecule has 2 nitrogen and oxygen atoms in total. The van der Waals surface area contributed by atoms with E-state index in [1.54, 1.807) is 0 Å².